The lowest BCUT2D eigenvalue weighted by molar-refractivity contribution is 1.36. The van der Waals surface area contributed by atoms with E-state index in [0.717, 1.165) is 5.57 Å². The van der Waals surface area contributed by atoms with Gasteiger partial charge in [0.1, 0.15) is 0 Å². The van der Waals surface area contributed by atoms with Gasteiger partial charge in [0.2, 0.25) is 0 Å². The van der Waals surface area contributed by atoms with Crippen molar-refractivity contribution in [3.63, 3.8) is 0 Å². The molecule has 0 aliphatic heterocycles. The Labute approximate surface area is 90.3 Å². The summed E-state index contributed by atoms with van der Waals surface area (Å²) in [7, 11) is 0. The van der Waals surface area contributed by atoms with Gasteiger partial charge in [-0.15, -0.1) is 11.3 Å². The average Bonchev–Trinajstić information content (AvgIpc) is 2.66. The van der Waals surface area contributed by atoms with Gasteiger partial charge in [0.05, 0.1) is 0 Å². The first-order valence-corrected chi connectivity index (χ1v) is 5.54. The van der Waals surface area contributed by atoms with Crippen LogP contribution in [0, 0.1) is 0 Å². The second-order valence-electron chi connectivity index (χ2n) is 3.46. The van der Waals surface area contributed by atoms with Crippen LogP contribution in [0.25, 0.3) is 5.57 Å². The summed E-state index contributed by atoms with van der Waals surface area (Å²) >= 11 is 1.77. The van der Waals surface area contributed by atoms with E-state index in [1.54, 1.807) is 11.3 Å². The monoisotopic (exact) mass is 204 g/mol. The van der Waals surface area contributed by atoms with Gasteiger partial charge >= 0.3 is 0 Å². The van der Waals surface area contributed by atoms with Gasteiger partial charge in [-0.1, -0.05) is 30.4 Å². The van der Waals surface area contributed by atoms with Crippen LogP contribution in [0.3, 0.4) is 0 Å². The highest BCUT2D eigenvalue weighted by atomic mass is 32.1. The average molecular weight is 204 g/mol. The minimum atomic E-state index is 1.13. The van der Waals surface area contributed by atoms with E-state index in [2.05, 4.69) is 50.1 Å². The maximum absolute atomic E-state index is 3.90. The fraction of sp³-hybridized carbons (Fsp3) is 0.231. The van der Waals surface area contributed by atoms with Gasteiger partial charge in [-0.25, -0.2) is 0 Å². The normalized spacial score (nSPS) is 13.1. The first-order chi connectivity index (χ1) is 6.61. The Morgan fingerprint density at radius 1 is 1.29 bits per heavy atom. The van der Waals surface area contributed by atoms with Gasteiger partial charge < -0.3 is 0 Å². The molecule has 0 spiro atoms. The molecule has 0 saturated carbocycles. The molecule has 0 bridgehead atoms. The highest BCUT2D eigenvalue weighted by Crippen LogP contribution is 2.19. The SMILES string of the molecule is C=C(C)/C(C)=C\C=C(/C)c1cccs1. The minimum Gasteiger partial charge on any atom is -0.144 e. The van der Waals surface area contributed by atoms with E-state index in [1.807, 2.05) is 6.92 Å². The summed E-state index contributed by atoms with van der Waals surface area (Å²) in [5.41, 5.74) is 3.67. The first kappa shape index (κ1) is 11.0. The fourth-order valence-corrected chi connectivity index (χ4v) is 1.69. The molecule has 1 aromatic heterocycles. The lowest BCUT2D eigenvalue weighted by atomic mass is 10.1. The standard InChI is InChI=1S/C13H16S/c1-10(2)11(3)7-8-12(4)13-6-5-9-14-13/h5-9H,1H2,2-4H3/b11-7-,12-8+. The highest BCUT2D eigenvalue weighted by molar-refractivity contribution is 7.11. The molecule has 0 amide bonds. The molecule has 1 heterocycles. The molecule has 0 fully saturated rings. The van der Waals surface area contributed by atoms with Gasteiger partial charge in [-0.2, -0.15) is 0 Å². The summed E-state index contributed by atoms with van der Waals surface area (Å²) < 4.78 is 0. The molecule has 1 heteroatoms. The number of hydrogen-bond donors (Lipinski definition) is 0. The number of rotatable bonds is 3. The van der Waals surface area contributed by atoms with E-state index in [-0.39, 0.29) is 0 Å². The van der Waals surface area contributed by atoms with Crippen molar-refractivity contribution in [1.82, 2.24) is 0 Å². The third-order valence-corrected chi connectivity index (χ3v) is 3.17. The molecule has 0 radical (unpaired) electrons. The van der Waals surface area contributed by atoms with Crippen molar-refractivity contribution >= 4 is 16.9 Å². The quantitative estimate of drug-likeness (QED) is 0.627. The zero-order valence-corrected chi connectivity index (χ0v) is 9.82. The van der Waals surface area contributed by atoms with Crippen molar-refractivity contribution in [2.75, 3.05) is 0 Å². The van der Waals surface area contributed by atoms with Gasteiger partial charge in [-0.3, -0.25) is 0 Å². The molecule has 1 rings (SSSR count). The Balaban J connectivity index is 2.80. The molecule has 0 unspecified atom stereocenters. The van der Waals surface area contributed by atoms with Crippen LogP contribution >= 0.6 is 11.3 Å². The Bertz CT molecular complexity index is 364. The van der Waals surface area contributed by atoms with Crippen LogP contribution in [0.2, 0.25) is 0 Å². The zero-order chi connectivity index (χ0) is 10.6. The molecule has 1 aromatic rings. The second kappa shape index (κ2) is 4.97. The molecule has 0 aromatic carbocycles. The molecule has 74 valence electrons. The molecule has 0 atom stereocenters. The van der Waals surface area contributed by atoms with Crippen LogP contribution in [0.15, 0.2) is 47.4 Å². The Kier molecular flexibility index (Phi) is 3.90. The number of hydrogen-bond acceptors (Lipinski definition) is 1. The van der Waals surface area contributed by atoms with Crippen molar-refractivity contribution in [3.8, 4) is 0 Å². The van der Waals surface area contributed by atoms with Gasteiger partial charge in [0, 0.05) is 4.88 Å². The van der Waals surface area contributed by atoms with E-state index >= 15 is 0 Å². The van der Waals surface area contributed by atoms with E-state index in [4.69, 9.17) is 0 Å². The fourth-order valence-electron chi connectivity index (χ4n) is 0.977. The lowest BCUT2D eigenvalue weighted by Gasteiger charge is -1.97. The van der Waals surface area contributed by atoms with Gasteiger partial charge in [0.25, 0.3) is 0 Å². The van der Waals surface area contributed by atoms with Gasteiger partial charge in [-0.05, 0) is 43.4 Å². The van der Waals surface area contributed by atoms with Crippen LogP contribution in [0.4, 0.5) is 0 Å². The predicted molar refractivity (Wildman–Crippen MR) is 66.5 cm³/mol. The summed E-state index contributed by atoms with van der Waals surface area (Å²) in [6, 6.07) is 4.22. The Morgan fingerprint density at radius 2 is 2.00 bits per heavy atom. The van der Waals surface area contributed by atoms with Crippen LogP contribution in [0.5, 0.6) is 0 Å². The van der Waals surface area contributed by atoms with E-state index in [1.165, 1.54) is 16.0 Å². The molecule has 0 aliphatic rings. The zero-order valence-electron chi connectivity index (χ0n) is 9.00. The van der Waals surface area contributed by atoms with Crippen LogP contribution in [0.1, 0.15) is 25.6 Å². The van der Waals surface area contributed by atoms with Gasteiger partial charge in [0.15, 0.2) is 0 Å². The van der Waals surface area contributed by atoms with Crippen molar-refractivity contribution in [2.24, 2.45) is 0 Å². The summed E-state index contributed by atoms with van der Waals surface area (Å²) in [5, 5.41) is 2.10. The van der Waals surface area contributed by atoms with Crippen molar-refractivity contribution in [2.45, 2.75) is 20.8 Å². The Hall–Kier alpha value is -1.08. The molecule has 0 saturated heterocycles. The Morgan fingerprint density at radius 3 is 2.50 bits per heavy atom. The smallest absolute Gasteiger partial charge is 0.0299 e. The summed E-state index contributed by atoms with van der Waals surface area (Å²) in [5.74, 6) is 0. The molecule has 0 aliphatic carbocycles. The third-order valence-electron chi connectivity index (χ3n) is 2.17. The molecule has 14 heavy (non-hydrogen) atoms. The van der Waals surface area contributed by atoms with E-state index in [9.17, 15) is 0 Å². The summed E-state index contributed by atoms with van der Waals surface area (Å²) in [6.45, 7) is 10.1. The number of thiophene rings is 1. The molecule has 0 N–H and O–H groups in total. The van der Waals surface area contributed by atoms with Crippen molar-refractivity contribution < 1.29 is 0 Å². The molecular weight excluding hydrogens is 188 g/mol. The highest BCUT2D eigenvalue weighted by Gasteiger charge is 1.94. The topological polar surface area (TPSA) is 0 Å². The number of allylic oxidation sites excluding steroid dienone is 5. The second-order valence-corrected chi connectivity index (χ2v) is 4.40. The maximum atomic E-state index is 3.90. The van der Waals surface area contributed by atoms with Crippen LogP contribution < -0.4 is 0 Å². The van der Waals surface area contributed by atoms with E-state index in [0.29, 0.717) is 0 Å². The van der Waals surface area contributed by atoms with Crippen molar-refractivity contribution in [1.29, 1.82) is 0 Å². The molecule has 0 nitrogen and oxygen atoms in total. The van der Waals surface area contributed by atoms with E-state index < -0.39 is 0 Å². The maximum Gasteiger partial charge on any atom is 0.0299 e. The largest absolute Gasteiger partial charge is 0.144 e. The lowest BCUT2D eigenvalue weighted by Crippen LogP contribution is -1.75. The van der Waals surface area contributed by atoms with Crippen molar-refractivity contribution in [3.05, 3.63) is 52.3 Å². The van der Waals surface area contributed by atoms with Crippen LogP contribution in [-0.4, -0.2) is 0 Å². The first-order valence-electron chi connectivity index (χ1n) is 4.66. The summed E-state index contributed by atoms with van der Waals surface area (Å²) in [6.07, 6.45) is 4.27. The summed E-state index contributed by atoms with van der Waals surface area (Å²) in [4.78, 5) is 1.33. The van der Waals surface area contributed by atoms with Crippen LogP contribution in [-0.2, 0) is 0 Å². The molecular formula is C13H16S. The minimum absolute atomic E-state index is 1.13. The third kappa shape index (κ3) is 3.00. The predicted octanol–water partition coefficient (Wildman–Crippen LogP) is 4.67.